The first-order chi connectivity index (χ1) is 9.54. The first-order valence-electron chi connectivity index (χ1n) is 7.04. The van der Waals surface area contributed by atoms with E-state index in [2.05, 4.69) is 36.1 Å². The number of rotatable bonds is 4. The van der Waals surface area contributed by atoms with Gasteiger partial charge in [0.1, 0.15) is 17.0 Å². The Balaban J connectivity index is 1.92. The summed E-state index contributed by atoms with van der Waals surface area (Å²) in [5, 5.41) is 4.58. The van der Waals surface area contributed by atoms with Crippen LogP contribution in [0.3, 0.4) is 0 Å². The van der Waals surface area contributed by atoms with E-state index >= 15 is 0 Å². The van der Waals surface area contributed by atoms with Gasteiger partial charge in [-0.1, -0.05) is 20.8 Å². The van der Waals surface area contributed by atoms with Gasteiger partial charge < -0.3 is 5.32 Å². The molecule has 1 saturated carbocycles. The summed E-state index contributed by atoms with van der Waals surface area (Å²) in [6, 6.07) is 2.64. The van der Waals surface area contributed by atoms with Crippen molar-refractivity contribution in [2.75, 3.05) is 0 Å². The zero-order valence-corrected chi connectivity index (χ0v) is 13.0. The van der Waals surface area contributed by atoms with Crippen LogP contribution < -0.4 is 5.32 Å². The van der Waals surface area contributed by atoms with Gasteiger partial charge in [0, 0.05) is 29.1 Å². The molecule has 1 aliphatic rings. The van der Waals surface area contributed by atoms with Gasteiger partial charge in [0.15, 0.2) is 0 Å². The Hall–Kier alpha value is -1.33. The lowest BCUT2D eigenvalue weighted by Crippen LogP contribution is -2.19. The highest BCUT2D eigenvalue weighted by Crippen LogP contribution is 2.34. The van der Waals surface area contributed by atoms with Gasteiger partial charge in [-0.2, -0.15) is 0 Å². The van der Waals surface area contributed by atoms with Crippen molar-refractivity contribution in [3.05, 3.63) is 29.2 Å². The third-order valence-electron chi connectivity index (χ3n) is 3.34. The molecule has 0 radical (unpaired) electrons. The quantitative estimate of drug-likeness (QED) is 0.939. The molecule has 2 aromatic rings. The van der Waals surface area contributed by atoms with E-state index in [1.165, 1.54) is 23.4 Å². The van der Waals surface area contributed by atoms with Crippen molar-refractivity contribution in [3.63, 3.8) is 0 Å². The van der Waals surface area contributed by atoms with Crippen LogP contribution in [0.2, 0.25) is 0 Å². The number of aromatic nitrogens is 3. The minimum Gasteiger partial charge on any atom is -0.309 e. The Morgan fingerprint density at radius 3 is 2.75 bits per heavy atom. The Kier molecular flexibility index (Phi) is 3.56. The normalized spacial score (nSPS) is 15.6. The maximum atomic E-state index is 4.84. The maximum Gasteiger partial charge on any atom is 0.142 e. The average molecular weight is 288 g/mol. The average Bonchev–Trinajstić information content (AvgIpc) is 3.14. The summed E-state index contributed by atoms with van der Waals surface area (Å²) in [4.78, 5) is 14.4. The summed E-state index contributed by atoms with van der Waals surface area (Å²) < 4.78 is 0. The van der Waals surface area contributed by atoms with Crippen molar-refractivity contribution in [2.24, 2.45) is 0 Å². The lowest BCUT2D eigenvalue weighted by molar-refractivity contribution is 0.559. The zero-order valence-electron chi connectivity index (χ0n) is 12.2. The molecule has 1 aliphatic carbocycles. The van der Waals surface area contributed by atoms with Crippen molar-refractivity contribution < 1.29 is 0 Å². The van der Waals surface area contributed by atoms with Gasteiger partial charge in [0.05, 0.1) is 5.69 Å². The molecule has 0 unspecified atom stereocenters. The van der Waals surface area contributed by atoms with Gasteiger partial charge in [0.2, 0.25) is 0 Å². The lowest BCUT2D eigenvalue weighted by atomic mass is 9.91. The van der Waals surface area contributed by atoms with Crippen molar-refractivity contribution in [1.82, 2.24) is 20.3 Å². The molecular weight excluding hydrogens is 268 g/mol. The van der Waals surface area contributed by atoms with E-state index in [4.69, 9.17) is 4.98 Å². The minimum absolute atomic E-state index is 0.0579. The van der Waals surface area contributed by atoms with E-state index < -0.39 is 0 Å². The van der Waals surface area contributed by atoms with Gasteiger partial charge in [0.25, 0.3) is 0 Å². The van der Waals surface area contributed by atoms with Gasteiger partial charge in [-0.3, -0.25) is 0 Å². The number of hydrogen-bond donors (Lipinski definition) is 1. The zero-order chi connectivity index (χ0) is 14.2. The van der Waals surface area contributed by atoms with Crippen LogP contribution in [-0.2, 0) is 12.0 Å². The van der Waals surface area contributed by atoms with E-state index in [-0.39, 0.29) is 5.41 Å². The monoisotopic (exact) mass is 288 g/mol. The Bertz CT molecular complexity index is 582. The second kappa shape index (κ2) is 5.22. The first kappa shape index (κ1) is 13.6. The number of thiazole rings is 1. The molecule has 106 valence electrons. The maximum absolute atomic E-state index is 4.84. The van der Waals surface area contributed by atoms with Crippen LogP contribution in [0.5, 0.6) is 0 Å². The van der Waals surface area contributed by atoms with Gasteiger partial charge in [-0.25, -0.2) is 15.0 Å². The molecule has 2 heterocycles. The number of nitrogens with one attached hydrogen (secondary N) is 1. The summed E-state index contributed by atoms with van der Waals surface area (Å²) >= 11 is 1.75. The highest BCUT2D eigenvalue weighted by Gasteiger charge is 2.26. The molecule has 1 N–H and O–H groups in total. The van der Waals surface area contributed by atoms with Crippen LogP contribution >= 0.6 is 11.3 Å². The Morgan fingerprint density at radius 2 is 2.15 bits per heavy atom. The van der Waals surface area contributed by atoms with Crippen LogP contribution in [0.4, 0.5) is 0 Å². The third kappa shape index (κ3) is 3.04. The lowest BCUT2D eigenvalue weighted by Gasteiger charge is -2.17. The summed E-state index contributed by atoms with van der Waals surface area (Å²) in [6.07, 6.45) is 5.96. The van der Waals surface area contributed by atoms with Crippen LogP contribution in [0.1, 0.15) is 44.2 Å². The Morgan fingerprint density at radius 1 is 1.35 bits per heavy atom. The largest absolute Gasteiger partial charge is 0.309 e. The second-order valence-electron chi connectivity index (χ2n) is 6.29. The highest BCUT2D eigenvalue weighted by molar-refractivity contribution is 7.15. The molecule has 0 aliphatic heterocycles. The Labute approximate surface area is 123 Å². The molecule has 0 atom stereocenters. The molecule has 1 fully saturated rings. The molecule has 3 rings (SSSR count). The molecule has 0 saturated heterocycles. The standard InChI is InChI=1S/C15H20N4S/c1-15(2,3)13-12(8-17-10-4-5-10)20-14(19-13)11-6-7-16-9-18-11/h6-7,9-10,17H,4-5,8H2,1-3H3. The fourth-order valence-corrected chi connectivity index (χ4v) is 3.31. The smallest absolute Gasteiger partial charge is 0.142 e. The molecular formula is C15H20N4S. The first-order valence-corrected chi connectivity index (χ1v) is 7.85. The predicted octanol–water partition coefficient (Wildman–Crippen LogP) is 3.15. The minimum atomic E-state index is 0.0579. The fraction of sp³-hybridized carbons (Fsp3) is 0.533. The van der Waals surface area contributed by atoms with Crippen LogP contribution in [0, 0.1) is 0 Å². The van der Waals surface area contributed by atoms with Crippen molar-refractivity contribution >= 4 is 11.3 Å². The van der Waals surface area contributed by atoms with Gasteiger partial charge in [-0.15, -0.1) is 11.3 Å². The van der Waals surface area contributed by atoms with Gasteiger partial charge >= 0.3 is 0 Å². The third-order valence-corrected chi connectivity index (χ3v) is 4.42. The van der Waals surface area contributed by atoms with E-state index in [1.807, 2.05) is 6.07 Å². The van der Waals surface area contributed by atoms with Crippen LogP contribution in [-0.4, -0.2) is 21.0 Å². The topological polar surface area (TPSA) is 50.7 Å². The summed E-state index contributed by atoms with van der Waals surface area (Å²) in [7, 11) is 0. The SMILES string of the molecule is CC(C)(C)c1nc(-c2ccncn2)sc1CNC1CC1. The highest BCUT2D eigenvalue weighted by atomic mass is 32.1. The number of nitrogens with zero attached hydrogens (tertiary/aromatic N) is 3. The molecule has 20 heavy (non-hydrogen) atoms. The van der Waals surface area contributed by atoms with Crippen LogP contribution in [0.15, 0.2) is 18.6 Å². The second-order valence-corrected chi connectivity index (χ2v) is 7.37. The predicted molar refractivity (Wildman–Crippen MR) is 81.7 cm³/mol. The van der Waals surface area contributed by atoms with E-state index in [1.54, 1.807) is 23.9 Å². The van der Waals surface area contributed by atoms with Gasteiger partial charge in [-0.05, 0) is 18.9 Å². The molecule has 5 heteroatoms. The van der Waals surface area contributed by atoms with E-state index in [0.717, 1.165) is 17.2 Å². The fourth-order valence-electron chi connectivity index (χ4n) is 2.11. The molecule has 2 aromatic heterocycles. The molecule has 0 spiro atoms. The van der Waals surface area contributed by atoms with Crippen molar-refractivity contribution in [3.8, 4) is 10.7 Å². The van der Waals surface area contributed by atoms with E-state index in [0.29, 0.717) is 6.04 Å². The summed E-state index contributed by atoms with van der Waals surface area (Å²) in [5.74, 6) is 0. The summed E-state index contributed by atoms with van der Waals surface area (Å²) in [5.41, 5.74) is 2.15. The molecule has 0 amide bonds. The van der Waals surface area contributed by atoms with Crippen molar-refractivity contribution in [2.45, 2.75) is 51.6 Å². The molecule has 0 aromatic carbocycles. The molecule has 4 nitrogen and oxygen atoms in total. The number of hydrogen-bond acceptors (Lipinski definition) is 5. The summed E-state index contributed by atoms with van der Waals surface area (Å²) in [6.45, 7) is 7.56. The van der Waals surface area contributed by atoms with E-state index in [9.17, 15) is 0 Å². The van der Waals surface area contributed by atoms with Crippen LogP contribution in [0.25, 0.3) is 10.7 Å². The van der Waals surface area contributed by atoms with Crippen molar-refractivity contribution in [1.29, 1.82) is 0 Å². The molecule has 0 bridgehead atoms.